The van der Waals surface area contributed by atoms with Gasteiger partial charge in [0.15, 0.2) is 0 Å². The van der Waals surface area contributed by atoms with Crippen molar-refractivity contribution >= 4 is 0 Å². The molecule has 4 heteroatoms. The average molecular weight is 263 g/mol. The van der Waals surface area contributed by atoms with Crippen molar-refractivity contribution in [3.63, 3.8) is 0 Å². The van der Waals surface area contributed by atoms with Crippen molar-refractivity contribution in [1.82, 2.24) is 15.2 Å². The van der Waals surface area contributed by atoms with Crippen LogP contribution in [0.4, 0.5) is 0 Å². The molecular formula is C15H25N3O. The Bertz CT molecular complexity index is 354. The normalized spacial score (nSPS) is 16.8. The lowest BCUT2D eigenvalue weighted by atomic mass is 10.1. The van der Waals surface area contributed by atoms with E-state index in [9.17, 15) is 5.11 Å². The van der Waals surface area contributed by atoms with E-state index in [2.05, 4.69) is 34.4 Å². The predicted octanol–water partition coefficient (Wildman–Crippen LogP) is 1.06. The Labute approximate surface area is 115 Å². The average Bonchev–Trinajstić information content (AvgIpc) is 3.26. The molecule has 1 heterocycles. The molecule has 1 aromatic heterocycles. The lowest BCUT2D eigenvalue weighted by Gasteiger charge is -2.21. The molecule has 0 radical (unpaired) electrons. The summed E-state index contributed by atoms with van der Waals surface area (Å²) in [5.41, 5.74) is 1.33. The van der Waals surface area contributed by atoms with Gasteiger partial charge in [-0.3, -0.25) is 4.98 Å². The van der Waals surface area contributed by atoms with E-state index in [1.807, 2.05) is 12.4 Å². The highest BCUT2D eigenvalue weighted by Gasteiger charge is 2.24. The van der Waals surface area contributed by atoms with Crippen LogP contribution in [0.3, 0.4) is 0 Å². The van der Waals surface area contributed by atoms with Gasteiger partial charge >= 0.3 is 0 Å². The molecule has 2 rings (SSSR count). The maximum atomic E-state index is 9.34. The molecule has 0 aromatic carbocycles. The quantitative estimate of drug-likeness (QED) is 0.699. The monoisotopic (exact) mass is 263 g/mol. The number of aromatic nitrogens is 1. The van der Waals surface area contributed by atoms with E-state index in [-0.39, 0.29) is 12.6 Å². The molecule has 1 aliphatic carbocycles. The van der Waals surface area contributed by atoms with Crippen molar-refractivity contribution in [2.45, 2.75) is 37.8 Å². The molecule has 4 nitrogen and oxygen atoms in total. The van der Waals surface area contributed by atoms with Gasteiger partial charge in [-0.1, -0.05) is 0 Å². The number of aliphatic hydroxyl groups excluding tert-OH is 1. The summed E-state index contributed by atoms with van der Waals surface area (Å²) in [6.07, 6.45) is 8.30. The maximum Gasteiger partial charge on any atom is 0.0585 e. The molecule has 0 spiro atoms. The Morgan fingerprint density at radius 3 is 2.74 bits per heavy atom. The Kier molecular flexibility index (Phi) is 5.76. The van der Waals surface area contributed by atoms with Gasteiger partial charge in [0.05, 0.1) is 6.61 Å². The second kappa shape index (κ2) is 7.58. The Morgan fingerprint density at radius 1 is 1.37 bits per heavy atom. The second-order valence-corrected chi connectivity index (χ2v) is 5.52. The van der Waals surface area contributed by atoms with E-state index in [1.165, 1.54) is 18.4 Å². The molecule has 0 aliphatic heterocycles. The van der Waals surface area contributed by atoms with Crippen LogP contribution in [0.5, 0.6) is 0 Å². The van der Waals surface area contributed by atoms with E-state index in [4.69, 9.17) is 0 Å². The van der Waals surface area contributed by atoms with Crippen molar-refractivity contribution in [2.24, 2.45) is 0 Å². The number of aliphatic hydroxyl groups is 1. The van der Waals surface area contributed by atoms with Gasteiger partial charge in [-0.15, -0.1) is 0 Å². The molecule has 1 fully saturated rings. The van der Waals surface area contributed by atoms with Gasteiger partial charge < -0.3 is 15.3 Å². The SMILES string of the molecule is CN(CCc1ccncc1)CCC(CO)NC1CC1. The topological polar surface area (TPSA) is 48.4 Å². The van der Waals surface area contributed by atoms with Crippen molar-refractivity contribution in [3.05, 3.63) is 30.1 Å². The summed E-state index contributed by atoms with van der Waals surface area (Å²) in [6, 6.07) is 5.06. The van der Waals surface area contributed by atoms with E-state index >= 15 is 0 Å². The van der Waals surface area contributed by atoms with Gasteiger partial charge in [0.25, 0.3) is 0 Å². The molecule has 0 bridgehead atoms. The molecular weight excluding hydrogens is 238 g/mol. The number of hydrogen-bond donors (Lipinski definition) is 2. The summed E-state index contributed by atoms with van der Waals surface area (Å²) < 4.78 is 0. The molecule has 106 valence electrons. The first kappa shape index (κ1) is 14.4. The second-order valence-electron chi connectivity index (χ2n) is 5.52. The van der Waals surface area contributed by atoms with Crippen molar-refractivity contribution in [2.75, 3.05) is 26.7 Å². The molecule has 1 atom stereocenters. The minimum atomic E-state index is 0.245. The van der Waals surface area contributed by atoms with Gasteiger partial charge in [-0.05, 0) is 57.0 Å². The maximum absolute atomic E-state index is 9.34. The van der Waals surface area contributed by atoms with Crippen LogP contribution in [0.1, 0.15) is 24.8 Å². The summed E-state index contributed by atoms with van der Waals surface area (Å²) in [4.78, 5) is 6.36. The highest BCUT2D eigenvalue weighted by atomic mass is 16.3. The van der Waals surface area contributed by atoms with Gasteiger partial charge in [-0.25, -0.2) is 0 Å². The smallest absolute Gasteiger partial charge is 0.0585 e. The zero-order valence-corrected chi connectivity index (χ0v) is 11.8. The van der Waals surface area contributed by atoms with Gasteiger partial charge in [0.2, 0.25) is 0 Å². The lowest BCUT2D eigenvalue weighted by Crippen LogP contribution is -2.37. The Balaban J connectivity index is 1.61. The lowest BCUT2D eigenvalue weighted by molar-refractivity contribution is 0.216. The Morgan fingerprint density at radius 2 is 2.11 bits per heavy atom. The molecule has 0 amide bonds. The summed E-state index contributed by atoms with van der Waals surface area (Å²) in [7, 11) is 2.15. The van der Waals surface area contributed by atoms with Crippen LogP contribution in [0.25, 0.3) is 0 Å². The number of nitrogens with one attached hydrogen (secondary N) is 1. The van der Waals surface area contributed by atoms with Gasteiger partial charge in [0.1, 0.15) is 0 Å². The number of likely N-dealkylation sites (N-methyl/N-ethyl adjacent to an activating group) is 1. The number of rotatable bonds is 9. The van der Waals surface area contributed by atoms with Crippen LogP contribution < -0.4 is 5.32 Å². The van der Waals surface area contributed by atoms with Crippen molar-refractivity contribution in [1.29, 1.82) is 0 Å². The zero-order chi connectivity index (χ0) is 13.5. The standard InChI is InChI=1S/C15H25N3O/c1-18(10-6-13-4-8-16-9-5-13)11-7-15(12-19)17-14-2-3-14/h4-5,8-9,14-15,17,19H,2-3,6-7,10-12H2,1H3. The fourth-order valence-electron chi connectivity index (χ4n) is 2.17. The summed E-state index contributed by atoms with van der Waals surface area (Å²) in [6.45, 7) is 2.32. The van der Waals surface area contributed by atoms with Crippen LogP contribution in [0.15, 0.2) is 24.5 Å². The summed E-state index contributed by atoms with van der Waals surface area (Å²) >= 11 is 0. The minimum absolute atomic E-state index is 0.245. The highest BCUT2D eigenvalue weighted by molar-refractivity contribution is 5.09. The number of nitrogens with zero attached hydrogens (tertiary/aromatic N) is 2. The third-order valence-electron chi connectivity index (χ3n) is 3.66. The predicted molar refractivity (Wildman–Crippen MR) is 77.1 cm³/mol. The van der Waals surface area contributed by atoms with Crippen LogP contribution in [0, 0.1) is 0 Å². The van der Waals surface area contributed by atoms with E-state index in [0.717, 1.165) is 25.9 Å². The molecule has 0 saturated heterocycles. The highest BCUT2D eigenvalue weighted by Crippen LogP contribution is 2.19. The first-order valence-corrected chi connectivity index (χ1v) is 7.22. The Hall–Kier alpha value is -0.970. The van der Waals surface area contributed by atoms with E-state index < -0.39 is 0 Å². The van der Waals surface area contributed by atoms with Crippen LogP contribution in [0.2, 0.25) is 0 Å². The molecule has 1 aliphatic rings. The largest absolute Gasteiger partial charge is 0.395 e. The third-order valence-corrected chi connectivity index (χ3v) is 3.66. The fraction of sp³-hybridized carbons (Fsp3) is 0.667. The molecule has 1 unspecified atom stereocenters. The van der Waals surface area contributed by atoms with Crippen LogP contribution in [-0.2, 0) is 6.42 Å². The van der Waals surface area contributed by atoms with Crippen molar-refractivity contribution < 1.29 is 5.11 Å². The van der Waals surface area contributed by atoms with Crippen LogP contribution in [-0.4, -0.2) is 53.8 Å². The van der Waals surface area contributed by atoms with Crippen LogP contribution >= 0.6 is 0 Å². The van der Waals surface area contributed by atoms with Crippen molar-refractivity contribution in [3.8, 4) is 0 Å². The zero-order valence-electron chi connectivity index (χ0n) is 11.8. The number of pyridine rings is 1. The van der Waals surface area contributed by atoms with E-state index in [0.29, 0.717) is 6.04 Å². The number of hydrogen-bond acceptors (Lipinski definition) is 4. The molecule has 1 saturated carbocycles. The molecule has 2 N–H and O–H groups in total. The summed E-state index contributed by atoms with van der Waals surface area (Å²) in [5.74, 6) is 0. The molecule has 19 heavy (non-hydrogen) atoms. The van der Waals surface area contributed by atoms with Gasteiger partial charge in [0, 0.05) is 31.0 Å². The minimum Gasteiger partial charge on any atom is -0.395 e. The fourth-order valence-corrected chi connectivity index (χ4v) is 2.17. The van der Waals surface area contributed by atoms with Gasteiger partial charge in [-0.2, -0.15) is 0 Å². The molecule has 1 aromatic rings. The first-order chi connectivity index (χ1) is 9.28. The third kappa shape index (κ3) is 5.68. The van der Waals surface area contributed by atoms with E-state index in [1.54, 1.807) is 0 Å². The first-order valence-electron chi connectivity index (χ1n) is 7.22. The summed E-state index contributed by atoms with van der Waals surface area (Å²) in [5, 5.41) is 12.8.